The van der Waals surface area contributed by atoms with Crippen molar-refractivity contribution in [2.24, 2.45) is 0 Å². The second-order valence-electron chi connectivity index (χ2n) is 4.44. The molecule has 0 bridgehead atoms. The van der Waals surface area contributed by atoms with E-state index in [1.165, 1.54) is 6.07 Å². The molecule has 0 radical (unpaired) electrons. The zero-order chi connectivity index (χ0) is 14.2. The number of benzene rings is 2. The summed E-state index contributed by atoms with van der Waals surface area (Å²) in [7, 11) is 0. The van der Waals surface area contributed by atoms with E-state index in [1.807, 2.05) is 25.1 Å². The SMILES string of the molecule is Cc1cc(C(Br)c2cccc(Br)c2C)c(Cl)cc1F. The Kier molecular flexibility index (Phi) is 4.70. The summed E-state index contributed by atoms with van der Waals surface area (Å²) in [4.78, 5) is -0.0585. The number of alkyl halides is 1. The topological polar surface area (TPSA) is 0 Å². The van der Waals surface area contributed by atoms with Crippen LogP contribution in [0.15, 0.2) is 34.8 Å². The van der Waals surface area contributed by atoms with Gasteiger partial charge in [0.1, 0.15) is 5.82 Å². The standard InChI is InChI=1S/C15H12Br2ClF/c1-8-6-11(13(18)7-14(8)19)15(17)10-4-3-5-12(16)9(10)2/h3-7,15H,1-2H3. The summed E-state index contributed by atoms with van der Waals surface area (Å²) >= 11 is 13.3. The van der Waals surface area contributed by atoms with E-state index in [-0.39, 0.29) is 10.6 Å². The third kappa shape index (κ3) is 3.04. The molecule has 0 nitrogen and oxygen atoms in total. The molecule has 2 aromatic rings. The molecule has 0 N–H and O–H groups in total. The molecule has 0 aliphatic rings. The van der Waals surface area contributed by atoms with Gasteiger partial charge in [-0.15, -0.1) is 0 Å². The fraction of sp³-hybridized carbons (Fsp3) is 0.200. The first-order chi connectivity index (χ1) is 8.91. The van der Waals surface area contributed by atoms with Gasteiger partial charge in [-0.05, 0) is 48.2 Å². The van der Waals surface area contributed by atoms with Gasteiger partial charge in [0.25, 0.3) is 0 Å². The minimum atomic E-state index is -0.278. The highest BCUT2D eigenvalue weighted by Gasteiger charge is 2.18. The van der Waals surface area contributed by atoms with Crippen molar-refractivity contribution in [1.82, 2.24) is 0 Å². The van der Waals surface area contributed by atoms with Crippen LogP contribution in [-0.2, 0) is 0 Å². The van der Waals surface area contributed by atoms with Crippen molar-refractivity contribution in [2.45, 2.75) is 18.7 Å². The van der Waals surface area contributed by atoms with Crippen LogP contribution in [0.5, 0.6) is 0 Å². The van der Waals surface area contributed by atoms with E-state index in [0.29, 0.717) is 10.6 Å². The van der Waals surface area contributed by atoms with Gasteiger partial charge in [0, 0.05) is 9.50 Å². The predicted molar refractivity (Wildman–Crippen MR) is 85.8 cm³/mol. The van der Waals surface area contributed by atoms with Crippen LogP contribution in [0, 0.1) is 19.7 Å². The van der Waals surface area contributed by atoms with Gasteiger partial charge in [0.05, 0.1) is 4.83 Å². The Balaban J connectivity index is 2.53. The van der Waals surface area contributed by atoms with Crippen LogP contribution in [-0.4, -0.2) is 0 Å². The minimum Gasteiger partial charge on any atom is -0.207 e. The molecule has 0 heterocycles. The number of rotatable bonds is 2. The average molecular weight is 407 g/mol. The summed E-state index contributed by atoms with van der Waals surface area (Å²) in [6.07, 6.45) is 0. The number of aryl methyl sites for hydroxylation is 1. The minimum absolute atomic E-state index is 0.0585. The van der Waals surface area contributed by atoms with Crippen LogP contribution in [0.3, 0.4) is 0 Å². The van der Waals surface area contributed by atoms with Crippen molar-refractivity contribution >= 4 is 43.5 Å². The first-order valence-corrected chi connectivity index (χ1v) is 7.85. The summed E-state index contributed by atoms with van der Waals surface area (Å²) in [5.74, 6) is -0.278. The quantitative estimate of drug-likeness (QED) is 0.510. The van der Waals surface area contributed by atoms with E-state index in [1.54, 1.807) is 13.0 Å². The summed E-state index contributed by atoms with van der Waals surface area (Å²) in [5, 5.41) is 0.435. The van der Waals surface area contributed by atoms with Crippen LogP contribution < -0.4 is 0 Å². The van der Waals surface area contributed by atoms with E-state index in [4.69, 9.17) is 11.6 Å². The lowest BCUT2D eigenvalue weighted by atomic mass is 9.99. The molecule has 0 aliphatic carbocycles. The number of hydrogen-bond acceptors (Lipinski definition) is 0. The third-order valence-electron chi connectivity index (χ3n) is 3.13. The highest BCUT2D eigenvalue weighted by Crippen LogP contribution is 2.39. The van der Waals surface area contributed by atoms with Gasteiger partial charge < -0.3 is 0 Å². The maximum atomic E-state index is 13.5. The predicted octanol–water partition coefficient (Wildman–Crippen LogP) is 6.34. The van der Waals surface area contributed by atoms with Gasteiger partial charge in [-0.2, -0.15) is 0 Å². The van der Waals surface area contributed by atoms with Crippen LogP contribution in [0.1, 0.15) is 27.1 Å². The van der Waals surface area contributed by atoms with Crippen LogP contribution >= 0.6 is 43.5 Å². The van der Waals surface area contributed by atoms with Crippen molar-refractivity contribution in [3.8, 4) is 0 Å². The van der Waals surface area contributed by atoms with E-state index in [9.17, 15) is 4.39 Å². The van der Waals surface area contributed by atoms with Gasteiger partial charge in [0.15, 0.2) is 0 Å². The molecule has 19 heavy (non-hydrogen) atoms. The highest BCUT2D eigenvalue weighted by atomic mass is 79.9. The Bertz CT molecular complexity index is 626. The second-order valence-corrected chi connectivity index (χ2v) is 6.62. The van der Waals surface area contributed by atoms with Crippen molar-refractivity contribution < 1.29 is 4.39 Å². The third-order valence-corrected chi connectivity index (χ3v) is 5.31. The summed E-state index contributed by atoms with van der Waals surface area (Å²) in [6, 6.07) is 9.17. The largest absolute Gasteiger partial charge is 0.207 e. The van der Waals surface area contributed by atoms with Crippen molar-refractivity contribution in [1.29, 1.82) is 0 Å². The summed E-state index contributed by atoms with van der Waals surface area (Å²) in [6.45, 7) is 3.78. The van der Waals surface area contributed by atoms with Gasteiger partial charge in [0.2, 0.25) is 0 Å². The molecular weight excluding hydrogens is 394 g/mol. The van der Waals surface area contributed by atoms with E-state index in [0.717, 1.165) is 21.2 Å². The lowest BCUT2D eigenvalue weighted by Crippen LogP contribution is -1.99. The Morgan fingerprint density at radius 1 is 1.16 bits per heavy atom. The zero-order valence-electron chi connectivity index (χ0n) is 10.5. The lowest BCUT2D eigenvalue weighted by Gasteiger charge is -2.17. The zero-order valence-corrected chi connectivity index (χ0v) is 14.4. The normalized spacial score (nSPS) is 12.5. The van der Waals surface area contributed by atoms with Crippen LogP contribution in [0.4, 0.5) is 4.39 Å². The van der Waals surface area contributed by atoms with Crippen molar-refractivity contribution in [2.75, 3.05) is 0 Å². The molecule has 0 aliphatic heterocycles. The van der Waals surface area contributed by atoms with E-state index >= 15 is 0 Å². The molecule has 100 valence electrons. The van der Waals surface area contributed by atoms with Crippen molar-refractivity contribution in [3.05, 3.63) is 67.9 Å². The number of hydrogen-bond donors (Lipinski definition) is 0. The fourth-order valence-electron chi connectivity index (χ4n) is 1.94. The summed E-state index contributed by atoms with van der Waals surface area (Å²) in [5.41, 5.74) is 3.72. The molecule has 0 saturated carbocycles. The first kappa shape index (κ1) is 15.0. The first-order valence-electron chi connectivity index (χ1n) is 5.76. The fourth-order valence-corrected chi connectivity index (χ4v) is 3.59. The van der Waals surface area contributed by atoms with Gasteiger partial charge in [-0.3, -0.25) is 0 Å². The molecular formula is C15H12Br2ClF. The maximum Gasteiger partial charge on any atom is 0.127 e. The smallest absolute Gasteiger partial charge is 0.127 e. The average Bonchev–Trinajstić information content (AvgIpc) is 2.36. The van der Waals surface area contributed by atoms with Gasteiger partial charge >= 0.3 is 0 Å². The molecule has 0 spiro atoms. The Morgan fingerprint density at radius 2 is 1.84 bits per heavy atom. The molecule has 1 atom stereocenters. The molecule has 0 aromatic heterocycles. The molecule has 4 heteroatoms. The van der Waals surface area contributed by atoms with Crippen molar-refractivity contribution in [3.63, 3.8) is 0 Å². The lowest BCUT2D eigenvalue weighted by molar-refractivity contribution is 0.618. The van der Waals surface area contributed by atoms with Gasteiger partial charge in [-0.25, -0.2) is 4.39 Å². The Hall–Kier alpha value is -0.380. The second kappa shape index (κ2) is 5.94. The molecule has 1 unspecified atom stereocenters. The molecule has 2 rings (SSSR count). The molecule has 0 saturated heterocycles. The monoisotopic (exact) mass is 404 g/mol. The van der Waals surface area contributed by atoms with Crippen LogP contribution in [0.25, 0.3) is 0 Å². The Morgan fingerprint density at radius 3 is 2.53 bits per heavy atom. The van der Waals surface area contributed by atoms with E-state index < -0.39 is 0 Å². The molecule has 2 aromatic carbocycles. The molecule has 0 fully saturated rings. The molecule has 0 amide bonds. The highest BCUT2D eigenvalue weighted by molar-refractivity contribution is 9.10. The number of halogens is 4. The Labute approximate surface area is 134 Å². The van der Waals surface area contributed by atoms with Gasteiger partial charge in [-0.1, -0.05) is 61.7 Å². The maximum absolute atomic E-state index is 13.5. The van der Waals surface area contributed by atoms with Crippen LogP contribution in [0.2, 0.25) is 5.02 Å². The summed E-state index contributed by atoms with van der Waals surface area (Å²) < 4.78 is 14.5. The van der Waals surface area contributed by atoms with E-state index in [2.05, 4.69) is 31.9 Å².